The highest BCUT2D eigenvalue weighted by Gasteiger charge is 2.04. The van der Waals surface area contributed by atoms with E-state index in [1.807, 2.05) is 6.07 Å². The van der Waals surface area contributed by atoms with Crippen molar-refractivity contribution in [2.45, 2.75) is 0 Å². The lowest BCUT2D eigenvalue weighted by molar-refractivity contribution is 0.439. The first-order valence-electron chi connectivity index (χ1n) is 4.02. The minimum atomic E-state index is 0.266. The van der Waals surface area contributed by atoms with Gasteiger partial charge >= 0.3 is 0 Å². The maximum absolute atomic E-state index is 8.70. The Kier molecular flexibility index (Phi) is 1.92. The van der Waals surface area contributed by atoms with Crippen molar-refractivity contribution in [3.8, 4) is 17.3 Å². The summed E-state index contributed by atoms with van der Waals surface area (Å²) < 4.78 is 4.74. The summed E-state index contributed by atoms with van der Waals surface area (Å²) in [5, 5.41) is 12.4. The maximum atomic E-state index is 8.70. The second kappa shape index (κ2) is 3.23. The number of anilines is 1. The van der Waals surface area contributed by atoms with Crippen LogP contribution in [0.3, 0.4) is 0 Å². The van der Waals surface area contributed by atoms with E-state index < -0.39 is 0 Å². The third kappa shape index (κ3) is 1.43. The van der Waals surface area contributed by atoms with Gasteiger partial charge in [0.05, 0.1) is 11.6 Å². The standard InChI is InChI=1S/C10H7N3O/c11-6-7-2-1-3-8(4-7)9-5-10(12)14-13-9/h1-5H,12H2. The molecule has 68 valence electrons. The molecule has 4 heteroatoms. The smallest absolute Gasteiger partial charge is 0.222 e. The second-order valence-electron chi connectivity index (χ2n) is 2.81. The first-order valence-corrected chi connectivity index (χ1v) is 4.02. The number of aromatic nitrogens is 1. The zero-order valence-electron chi connectivity index (χ0n) is 7.27. The van der Waals surface area contributed by atoms with Crippen LogP contribution in [0.1, 0.15) is 5.56 Å². The normalized spacial score (nSPS) is 9.64. The lowest BCUT2D eigenvalue weighted by Crippen LogP contribution is -1.79. The molecule has 0 aliphatic heterocycles. The van der Waals surface area contributed by atoms with Gasteiger partial charge in [-0.15, -0.1) is 0 Å². The van der Waals surface area contributed by atoms with Crippen molar-refractivity contribution in [3.63, 3.8) is 0 Å². The maximum Gasteiger partial charge on any atom is 0.222 e. The molecule has 1 aromatic heterocycles. The topological polar surface area (TPSA) is 75.8 Å². The third-order valence-corrected chi connectivity index (χ3v) is 1.82. The molecule has 0 fully saturated rings. The van der Waals surface area contributed by atoms with E-state index in [1.54, 1.807) is 24.3 Å². The first kappa shape index (κ1) is 8.32. The van der Waals surface area contributed by atoms with Gasteiger partial charge in [0.25, 0.3) is 0 Å². The largest absolute Gasteiger partial charge is 0.368 e. The van der Waals surface area contributed by atoms with E-state index in [-0.39, 0.29) is 5.88 Å². The van der Waals surface area contributed by atoms with Crippen LogP contribution in [-0.2, 0) is 0 Å². The molecule has 2 aromatic rings. The van der Waals surface area contributed by atoms with Crippen molar-refractivity contribution in [3.05, 3.63) is 35.9 Å². The van der Waals surface area contributed by atoms with E-state index in [2.05, 4.69) is 11.2 Å². The number of nitrogens with two attached hydrogens (primary N) is 1. The summed E-state index contributed by atoms with van der Waals surface area (Å²) in [7, 11) is 0. The zero-order valence-corrected chi connectivity index (χ0v) is 7.27. The van der Waals surface area contributed by atoms with Crippen LogP contribution < -0.4 is 5.73 Å². The average molecular weight is 185 g/mol. The third-order valence-electron chi connectivity index (χ3n) is 1.82. The first-order chi connectivity index (χ1) is 6.79. The van der Waals surface area contributed by atoms with E-state index in [0.29, 0.717) is 11.3 Å². The molecule has 0 saturated heterocycles. The van der Waals surface area contributed by atoms with Crippen LogP contribution >= 0.6 is 0 Å². The fourth-order valence-electron chi connectivity index (χ4n) is 1.17. The number of nitrogen functional groups attached to an aromatic ring is 1. The molecule has 0 saturated carbocycles. The summed E-state index contributed by atoms with van der Waals surface area (Å²) >= 11 is 0. The van der Waals surface area contributed by atoms with Crippen molar-refractivity contribution in [1.29, 1.82) is 5.26 Å². The van der Waals surface area contributed by atoms with Crippen molar-refractivity contribution in [2.24, 2.45) is 0 Å². The Hall–Kier alpha value is -2.28. The number of nitrogens with zero attached hydrogens (tertiary/aromatic N) is 2. The van der Waals surface area contributed by atoms with E-state index in [4.69, 9.17) is 15.5 Å². The van der Waals surface area contributed by atoms with Crippen molar-refractivity contribution < 1.29 is 4.52 Å². The highest BCUT2D eigenvalue weighted by atomic mass is 16.5. The van der Waals surface area contributed by atoms with Gasteiger partial charge in [-0.2, -0.15) is 5.26 Å². The molecule has 0 unspecified atom stereocenters. The Morgan fingerprint density at radius 2 is 2.21 bits per heavy atom. The van der Waals surface area contributed by atoms with Gasteiger partial charge in [-0.25, -0.2) is 0 Å². The molecule has 0 bridgehead atoms. The van der Waals surface area contributed by atoms with Crippen LogP contribution in [0.25, 0.3) is 11.3 Å². The predicted molar refractivity (Wildman–Crippen MR) is 51.1 cm³/mol. The summed E-state index contributed by atoms with van der Waals surface area (Å²) in [6.07, 6.45) is 0. The Morgan fingerprint density at radius 1 is 1.36 bits per heavy atom. The minimum Gasteiger partial charge on any atom is -0.368 e. The Morgan fingerprint density at radius 3 is 2.86 bits per heavy atom. The van der Waals surface area contributed by atoms with Crippen LogP contribution in [0.15, 0.2) is 34.9 Å². The number of rotatable bonds is 1. The zero-order chi connectivity index (χ0) is 9.97. The summed E-state index contributed by atoms with van der Waals surface area (Å²) in [4.78, 5) is 0. The van der Waals surface area contributed by atoms with Gasteiger partial charge in [0.1, 0.15) is 5.69 Å². The SMILES string of the molecule is N#Cc1cccc(-c2cc(N)on2)c1. The van der Waals surface area contributed by atoms with E-state index in [1.165, 1.54) is 0 Å². The Bertz CT molecular complexity index is 496. The molecule has 0 aliphatic rings. The molecule has 4 nitrogen and oxygen atoms in total. The summed E-state index contributed by atoms with van der Waals surface area (Å²) in [6, 6.07) is 10.8. The lowest BCUT2D eigenvalue weighted by atomic mass is 10.1. The van der Waals surface area contributed by atoms with E-state index >= 15 is 0 Å². The van der Waals surface area contributed by atoms with Gasteiger partial charge in [-0.05, 0) is 12.1 Å². The highest BCUT2D eigenvalue weighted by Crippen LogP contribution is 2.20. The number of benzene rings is 1. The number of hydrogen-bond acceptors (Lipinski definition) is 4. The number of hydrogen-bond donors (Lipinski definition) is 1. The molecule has 1 aromatic carbocycles. The predicted octanol–water partition coefficient (Wildman–Crippen LogP) is 1.80. The molecule has 14 heavy (non-hydrogen) atoms. The summed E-state index contributed by atoms with van der Waals surface area (Å²) in [5.41, 5.74) is 7.44. The van der Waals surface area contributed by atoms with Gasteiger partial charge in [0, 0.05) is 11.6 Å². The van der Waals surface area contributed by atoms with Gasteiger partial charge in [-0.3, -0.25) is 0 Å². The van der Waals surface area contributed by atoms with Gasteiger partial charge in [0.15, 0.2) is 0 Å². The van der Waals surface area contributed by atoms with Gasteiger partial charge in [-0.1, -0.05) is 17.3 Å². The van der Waals surface area contributed by atoms with Gasteiger partial charge < -0.3 is 10.3 Å². The quantitative estimate of drug-likeness (QED) is 0.734. The Labute approximate surface area is 80.6 Å². The van der Waals surface area contributed by atoms with Crippen LogP contribution in [-0.4, -0.2) is 5.16 Å². The molecule has 0 radical (unpaired) electrons. The fraction of sp³-hybridized carbons (Fsp3) is 0. The molecule has 0 aliphatic carbocycles. The van der Waals surface area contributed by atoms with Crippen LogP contribution in [0.5, 0.6) is 0 Å². The highest BCUT2D eigenvalue weighted by molar-refractivity contribution is 5.62. The molecule has 0 atom stereocenters. The molecule has 2 N–H and O–H groups in total. The number of nitriles is 1. The molecule has 0 spiro atoms. The van der Waals surface area contributed by atoms with E-state index in [9.17, 15) is 0 Å². The van der Waals surface area contributed by atoms with E-state index in [0.717, 1.165) is 5.56 Å². The lowest BCUT2D eigenvalue weighted by Gasteiger charge is -1.94. The van der Waals surface area contributed by atoms with Crippen molar-refractivity contribution in [1.82, 2.24) is 5.16 Å². The van der Waals surface area contributed by atoms with Crippen LogP contribution in [0, 0.1) is 11.3 Å². The fourth-order valence-corrected chi connectivity index (χ4v) is 1.17. The Balaban J connectivity index is 2.47. The van der Waals surface area contributed by atoms with Gasteiger partial charge in [0.2, 0.25) is 5.88 Å². The molecular formula is C10H7N3O. The summed E-state index contributed by atoms with van der Waals surface area (Å²) in [5.74, 6) is 0.266. The molecular weight excluding hydrogens is 178 g/mol. The monoisotopic (exact) mass is 185 g/mol. The van der Waals surface area contributed by atoms with Crippen molar-refractivity contribution >= 4 is 5.88 Å². The van der Waals surface area contributed by atoms with Crippen LogP contribution in [0.4, 0.5) is 5.88 Å². The van der Waals surface area contributed by atoms with Crippen molar-refractivity contribution in [2.75, 3.05) is 5.73 Å². The molecule has 0 amide bonds. The minimum absolute atomic E-state index is 0.266. The van der Waals surface area contributed by atoms with Crippen LogP contribution in [0.2, 0.25) is 0 Å². The molecule has 2 rings (SSSR count). The molecule has 1 heterocycles. The second-order valence-corrected chi connectivity index (χ2v) is 2.81. The summed E-state index contributed by atoms with van der Waals surface area (Å²) in [6.45, 7) is 0. The average Bonchev–Trinajstić information content (AvgIpc) is 2.65.